The van der Waals surface area contributed by atoms with Crippen molar-refractivity contribution >= 4 is 27.9 Å². The van der Waals surface area contributed by atoms with Gasteiger partial charge in [0.2, 0.25) is 0 Å². The van der Waals surface area contributed by atoms with E-state index in [-0.39, 0.29) is 0 Å². The monoisotopic (exact) mass is 456 g/mol. The molecule has 176 valence electrons. The maximum Gasteiger partial charge on any atom is 0.180 e. The van der Waals surface area contributed by atoms with E-state index in [0.717, 1.165) is 52.3 Å². The molecule has 0 saturated carbocycles. The van der Waals surface area contributed by atoms with Crippen LogP contribution in [0.1, 0.15) is 30.8 Å². The molecule has 7 heteroatoms. The minimum Gasteiger partial charge on any atom is -0.497 e. The van der Waals surface area contributed by atoms with E-state index in [1.165, 1.54) is 11.1 Å². The van der Waals surface area contributed by atoms with Crippen molar-refractivity contribution in [1.29, 1.82) is 0 Å². The number of nitrogens with one attached hydrogen (secondary N) is 2. The first kappa shape index (κ1) is 23.3. The van der Waals surface area contributed by atoms with Crippen LogP contribution in [0.15, 0.2) is 54.6 Å². The molecule has 2 aromatic carbocycles. The smallest absolute Gasteiger partial charge is 0.180 e. The summed E-state index contributed by atoms with van der Waals surface area (Å²) in [6.07, 6.45) is 0. The van der Waals surface area contributed by atoms with Crippen LogP contribution in [0.25, 0.3) is 33.3 Å². The molecular weight excluding hydrogens is 424 g/mol. The summed E-state index contributed by atoms with van der Waals surface area (Å²) >= 11 is 0. The molecule has 4 N–H and O–H groups in total. The Labute approximate surface area is 200 Å². The maximum atomic E-state index is 6.03. The number of benzene rings is 2. The van der Waals surface area contributed by atoms with Crippen LogP contribution in [0.5, 0.6) is 5.75 Å². The number of aromatic amines is 2. The van der Waals surface area contributed by atoms with Crippen molar-refractivity contribution in [1.82, 2.24) is 24.8 Å². The Bertz CT molecular complexity index is 1400. The maximum absolute atomic E-state index is 6.03. The Balaban J connectivity index is 0.00000133. The fourth-order valence-corrected chi connectivity index (χ4v) is 4.17. The van der Waals surface area contributed by atoms with Crippen molar-refractivity contribution in [2.45, 2.75) is 33.9 Å². The zero-order valence-electron chi connectivity index (χ0n) is 20.4. The highest BCUT2D eigenvalue weighted by Crippen LogP contribution is 2.31. The quantitative estimate of drug-likeness (QED) is 0.306. The molecular formula is C27H32N6O. The Morgan fingerprint density at radius 1 is 0.912 bits per heavy atom. The third kappa shape index (κ3) is 4.89. The van der Waals surface area contributed by atoms with E-state index in [2.05, 4.69) is 68.3 Å². The molecule has 3 aromatic heterocycles. The summed E-state index contributed by atoms with van der Waals surface area (Å²) in [7, 11) is 3.82. The number of anilines is 1. The van der Waals surface area contributed by atoms with E-state index in [9.17, 15) is 0 Å². The lowest BCUT2D eigenvalue weighted by Crippen LogP contribution is -2.17. The number of pyridine rings is 1. The van der Waals surface area contributed by atoms with Gasteiger partial charge in [-0.15, -0.1) is 0 Å². The minimum absolute atomic E-state index is 0.457. The summed E-state index contributed by atoms with van der Waals surface area (Å²) < 4.78 is 5.24. The molecule has 0 atom stereocenters. The Morgan fingerprint density at radius 3 is 2.35 bits per heavy atom. The lowest BCUT2D eigenvalue weighted by molar-refractivity contribution is 0.319. The molecule has 0 fully saturated rings. The van der Waals surface area contributed by atoms with Crippen LogP contribution < -0.4 is 10.5 Å². The highest BCUT2D eigenvalue weighted by atomic mass is 16.5. The van der Waals surface area contributed by atoms with E-state index in [1.807, 2.05) is 39.0 Å². The molecule has 5 aromatic rings. The van der Waals surface area contributed by atoms with Crippen LogP contribution in [0, 0.1) is 6.92 Å². The van der Waals surface area contributed by atoms with Gasteiger partial charge in [0.25, 0.3) is 0 Å². The number of nitrogen functional groups attached to an aromatic ring is 1. The number of nitrogens with two attached hydrogens (primary N) is 1. The number of H-pyrrole nitrogens is 2. The molecule has 0 aliphatic rings. The van der Waals surface area contributed by atoms with Gasteiger partial charge in [-0.05, 0) is 61.5 Å². The lowest BCUT2D eigenvalue weighted by atomic mass is 10.1. The van der Waals surface area contributed by atoms with Gasteiger partial charge in [-0.2, -0.15) is 0 Å². The first-order valence-electron chi connectivity index (χ1n) is 11.5. The van der Waals surface area contributed by atoms with Crippen LogP contribution in [-0.2, 0) is 13.1 Å². The number of aromatic nitrogens is 4. The third-order valence-corrected chi connectivity index (χ3v) is 5.64. The number of ether oxygens (including phenoxy) is 1. The molecule has 0 spiro atoms. The summed E-state index contributed by atoms with van der Waals surface area (Å²) in [5.74, 6) is 2.15. The number of nitrogens with zero attached hydrogens (tertiary/aromatic N) is 3. The normalized spacial score (nSPS) is 11.1. The van der Waals surface area contributed by atoms with E-state index in [1.54, 1.807) is 7.11 Å². The predicted octanol–water partition coefficient (Wildman–Crippen LogP) is 5.66. The van der Waals surface area contributed by atoms with E-state index < -0.39 is 0 Å². The number of aryl methyl sites for hydroxylation is 1. The van der Waals surface area contributed by atoms with Gasteiger partial charge in [-0.25, -0.2) is 9.97 Å². The van der Waals surface area contributed by atoms with E-state index in [4.69, 9.17) is 10.5 Å². The lowest BCUT2D eigenvalue weighted by Gasteiger charge is -2.17. The number of methoxy groups -OCH3 is 1. The number of fused-ring (bicyclic) bond motifs is 2. The highest BCUT2D eigenvalue weighted by Gasteiger charge is 2.13. The molecule has 0 bridgehead atoms. The zero-order valence-corrected chi connectivity index (χ0v) is 20.4. The highest BCUT2D eigenvalue weighted by molar-refractivity contribution is 5.95. The SMILES string of the molecule is CC.COc1ccc(CN(C)Cc2ccc3[nH]c(-c4cc(N)nc5nc(C)[nH]c45)cc3c2)cc1. The van der Waals surface area contributed by atoms with Gasteiger partial charge >= 0.3 is 0 Å². The summed E-state index contributed by atoms with van der Waals surface area (Å²) in [6.45, 7) is 7.64. The average molecular weight is 457 g/mol. The third-order valence-electron chi connectivity index (χ3n) is 5.64. The zero-order chi connectivity index (χ0) is 24.2. The summed E-state index contributed by atoms with van der Waals surface area (Å²) in [5.41, 5.74) is 13.1. The van der Waals surface area contributed by atoms with Gasteiger partial charge in [0, 0.05) is 35.2 Å². The summed E-state index contributed by atoms with van der Waals surface area (Å²) in [5, 5.41) is 1.16. The van der Waals surface area contributed by atoms with Gasteiger partial charge < -0.3 is 20.4 Å². The van der Waals surface area contributed by atoms with Crippen molar-refractivity contribution in [3.63, 3.8) is 0 Å². The van der Waals surface area contributed by atoms with Gasteiger partial charge in [-0.3, -0.25) is 4.90 Å². The van der Waals surface area contributed by atoms with E-state index in [0.29, 0.717) is 11.5 Å². The van der Waals surface area contributed by atoms with Crippen molar-refractivity contribution < 1.29 is 4.74 Å². The standard InChI is InChI=1S/C25H26N6O.C2H6/c1-15-27-24-20(12-23(26)30-25(24)28-15)22-11-18-10-17(6-9-21(18)29-22)14-31(2)13-16-4-7-19(32-3)8-5-16;1-2/h4-12,29H,13-14H2,1-3H3,(H3,26,27,28,30);1-2H3. The van der Waals surface area contributed by atoms with Crippen LogP contribution in [0.2, 0.25) is 0 Å². The van der Waals surface area contributed by atoms with Crippen LogP contribution in [0.3, 0.4) is 0 Å². The first-order chi connectivity index (χ1) is 16.5. The molecule has 0 amide bonds. The van der Waals surface area contributed by atoms with Crippen molar-refractivity contribution in [2.75, 3.05) is 19.9 Å². The van der Waals surface area contributed by atoms with E-state index >= 15 is 0 Å². The fraction of sp³-hybridized carbons (Fsp3) is 0.259. The van der Waals surface area contributed by atoms with Crippen molar-refractivity contribution in [3.05, 3.63) is 71.5 Å². The first-order valence-corrected chi connectivity index (χ1v) is 11.5. The molecule has 0 radical (unpaired) electrons. The second-order valence-electron chi connectivity index (χ2n) is 8.24. The van der Waals surface area contributed by atoms with Crippen molar-refractivity contribution in [2.24, 2.45) is 0 Å². The minimum atomic E-state index is 0.457. The molecule has 34 heavy (non-hydrogen) atoms. The number of imidazole rings is 1. The number of rotatable bonds is 6. The number of hydrogen-bond acceptors (Lipinski definition) is 5. The molecule has 5 rings (SSSR count). The Hall–Kier alpha value is -3.84. The predicted molar refractivity (Wildman–Crippen MR) is 140 cm³/mol. The molecule has 0 aliphatic carbocycles. The fourth-order valence-electron chi connectivity index (χ4n) is 4.17. The van der Waals surface area contributed by atoms with Crippen LogP contribution >= 0.6 is 0 Å². The largest absolute Gasteiger partial charge is 0.497 e. The molecule has 3 heterocycles. The van der Waals surface area contributed by atoms with Gasteiger partial charge in [0.05, 0.1) is 12.6 Å². The van der Waals surface area contributed by atoms with Crippen molar-refractivity contribution in [3.8, 4) is 17.0 Å². The molecule has 0 saturated heterocycles. The summed E-state index contributed by atoms with van der Waals surface area (Å²) in [6, 6.07) is 18.8. The molecule has 0 unspecified atom stereocenters. The van der Waals surface area contributed by atoms with Crippen LogP contribution in [0.4, 0.5) is 5.82 Å². The number of hydrogen-bond donors (Lipinski definition) is 3. The van der Waals surface area contributed by atoms with Gasteiger partial charge in [-0.1, -0.05) is 32.0 Å². The summed E-state index contributed by atoms with van der Waals surface area (Å²) in [4.78, 5) is 17.9. The van der Waals surface area contributed by atoms with Gasteiger partial charge in [0.1, 0.15) is 17.4 Å². The Morgan fingerprint density at radius 2 is 1.62 bits per heavy atom. The van der Waals surface area contributed by atoms with Crippen LogP contribution in [-0.4, -0.2) is 39.0 Å². The topological polar surface area (TPSA) is 95.8 Å². The second-order valence-corrected chi connectivity index (χ2v) is 8.24. The Kier molecular flexibility index (Phi) is 6.84. The molecule has 7 nitrogen and oxygen atoms in total. The second kappa shape index (κ2) is 9.97. The average Bonchev–Trinajstić information content (AvgIpc) is 3.42. The van der Waals surface area contributed by atoms with Gasteiger partial charge in [0.15, 0.2) is 5.65 Å². The molecule has 0 aliphatic heterocycles.